The molecule has 27 heavy (non-hydrogen) atoms. The summed E-state index contributed by atoms with van der Waals surface area (Å²) in [6.45, 7) is 3.49. The first-order chi connectivity index (χ1) is 13.0. The molecule has 0 bridgehead atoms. The molecule has 7 nitrogen and oxygen atoms in total. The summed E-state index contributed by atoms with van der Waals surface area (Å²) in [6.07, 6.45) is 0. The number of hydrogen-bond acceptors (Lipinski definition) is 6. The van der Waals surface area contributed by atoms with Gasteiger partial charge in [0.05, 0.1) is 0 Å². The molecule has 0 unspecified atom stereocenters. The molecule has 0 amide bonds. The van der Waals surface area contributed by atoms with Crippen LogP contribution in [0.5, 0.6) is 0 Å². The van der Waals surface area contributed by atoms with Crippen molar-refractivity contribution in [3.8, 4) is 0 Å². The van der Waals surface area contributed by atoms with Gasteiger partial charge in [0.1, 0.15) is 0 Å². The van der Waals surface area contributed by atoms with Crippen molar-refractivity contribution < 1.29 is 27.7 Å². The van der Waals surface area contributed by atoms with Crippen molar-refractivity contribution in [3.63, 3.8) is 0 Å². The minimum absolute atomic E-state index is 0.255. The van der Waals surface area contributed by atoms with Crippen molar-refractivity contribution in [3.05, 3.63) is 60.7 Å². The van der Waals surface area contributed by atoms with Crippen molar-refractivity contribution in [2.75, 3.05) is 24.8 Å². The Labute approximate surface area is 160 Å². The van der Waals surface area contributed by atoms with Gasteiger partial charge in [0, 0.05) is 0 Å². The van der Waals surface area contributed by atoms with Gasteiger partial charge in [0.25, 0.3) is 0 Å². The molecule has 0 spiro atoms. The van der Waals surface area contributed by atoms with Gasteiger partial charge in [-0.15, -0.1) is 0 Å². The van der Waals surface area contributed by atoms with Crippen LogP contribution >= 0.6 is 7.74 Å². The Balaban J connectivity index is 2.18. The molecule has 9 heteroatoms. The third kappa shape index (κ3) is 3.62. The molecule has 0 radical (unpaired) electrons. The zero-order valence-electron chi connectivity index (χ0n) is 15.9. The number of hydrogen-bond donors (Lipinski definition) is 1. The first kappa shape index (κ1) is 20.2. The van der Waals surface area contributed by atoms with Crippen molar-refractivity contribution >= 4 is 25.6 Å². The van der Waals surface area contributed by atoms with Crippen LogP contribution in [0.1, 0.15) is 20.8 Å². The SMILES string of the molecule is CCOP1(OCC)(OCC)ON(c2ccccc2)[B@@-](O)(c2ccccc2)[OH+]1. The molecule has 2 aromatic rings. The quantitative estimate of drug-likeness (QED) is 0.421. The van der Waals surface area contributed by atoms with E-state index in [1.54, 1.807) is 12.1 Å². The molecular weight excluding hydrogens is 368 g/mol. The Hall–Kier alpha value is -1.51. The number of nitrogens with zero attached hydrogens (tertiary/aromatic N) is 1. The number of rotatable bonds is 8. The van der Waals surface area contributed by atoms with E-state index in [-0.39, 0.29) is 19.8 Å². The summed E-state index contributed by atoms with van der Waals surface area (Å²) in [5.41, 5.74) is 1.20. The molecule has 2 N–H and O–H groups in total. The Morgan fingerprint density at radius 2 is 1.37 bits per heavy atom. The van der Waals surface area contributed by atoms with E-state index in [1.807, 2.05) is 69.3 Å². The average Bonchev–Trinajstić information content (AvgIpc) is 2.95. The summed E-state index contributed by atoms with van der Waals surface area (Å²) in [7, 11) is -4.41. The molecule has 1 saturated heterocycles. The Bertz CT molecular complexity index is 732. The molecule has 0 aliphatic carbocycles. The van der Waals surface area contributed by atoms with E-state index in [1.165, 1.54) is 4.97 Å². The summed E-state index contributed by atoms with van der Waals surface area (Å²) in [6, 6.07) is 18.4. The third-order valence-corrected chi connectivity index (χ3v) is 7.41. The maximum atomic E-state index is 11.7. The molecule has 148 valence electrons. The molecule has 1 fully saturated rings. The van der Waals surface area contributed by atoms with Crippen LogP contribution in [-0.2, 0) is 18.2 Å². The van der Waals surface area contributed by atoms with E-state index in [2.05, 4.69) is 4.44 Å². The van der Waals surface area contributed by atoms with E-state index in [4.69, 9.17) is 18.2 Å². The van der Waals surface area contributed by atoms with E-state index in [0.717, 1.165) is 0 Å². The maximum absolute atomic E-state index is 11.7. The summed E-state index contributed by atoms with van der Waals surface area (Å²) in [4.78, 5) is 1.37. The zero-order valence-corrected chi connectivity index (χ0v) is 16.8. The minimum atomic E-state index is -4.41. The Kier molecular flexibility index (Phi) is 5.89. The summed E-state index contributed by atoms with van der Waals surface area (Å²) in [5, 5.41) is 11.7. The predicted molar refractivity (Wildman–Crippen MR) is 108 cm³/mol. The zero-order chi connectivity index (χ0) is 19.4. The molecule has 1 atom stereocenters. The second-order valence-electron chi connectivity index (χ2n) is 6.03. The molecule has 1 heterocycles. The van der Waals surface area contributed by atoms with Crippen LogP contribution in [0.2, 0.25) is 0 Å². The monoisotopic (exact) mass is 395 g/mol. The fourth-order valence-corrected chi connectivity index (χ4v) is 6.39. The van der Waals surface area contributed by atoms with Gasteiger partial charge in [-0.3, -0.25) is 0 Å². The number of anilines is 1. The van der Waals surface area contributed by atoms with Gasteiger partial charge in [0.15, 0.2) is 0 Å². The number of para-hydroxylation sites is 1. The predicted octanol–water partition coefficient (Wildman–Crippen LogP) is 3.04. The Morgan fingerprint density at radius 1 is 0.889 bits per heavy atom. The molecule has 0 saturated carbocycles. The van der Waals surface area contributed by atoms with Gasteiger partial charge in [0.2, 0.25) is 0 Å². The van der Waals surface area contributed by atoms with E-state index in [0.29, 0.717) is 11.2 Å². The van der Waals surface area contributed by atoms with Gasteiger partial charge in [-0.25, -0.2) is 0 Å². The first-order valence-corrected chi connectivity index (χ1v) is 11.1. The average molecular weight is 395 g/mol. The van der Waals surface area contributed by atoms with Crippen molar-refractivity contribution in [1.82, 2.24) is 0 Å². The normalized spacial score (nSPS) is 25.0. The fraction of sp³-hybridized carbons (Fsp3) is 0.333. The first-order valence-electron chi connectivity index (χ1n) is 9.21. The van der Waals surface area contributed by atoms with E-state index < -0.39 is 14.4 Å². The van der Waals surface area contributed by atoms with E-state index >= 15 is 0 Å². The molecular formula is C18H27BNO6P. The van der Waals surface area contributed by atoms with E-state index in [9.17, 15) is 5.02 Å². The van der Waals surface area contributed by atoms with Gasteiger partial charge < -0.3 is 0 Å². The van der Waals surface area contributed by atoms with Crippen LogP contribution in [0.15, 0.2) is 60.7 Å². The molecule has 1 aliphatic heterocycles. The van der Waals surface area contributed by atoms with Crippen LogP contribution in [-0.4, -0.2) is 36.0 Å². The van der Waals surface area contributed by atoms with Crippen molar-refractivity contribution in [2.24, 2.45) is 0 Å². The van der Waals surface area contributed by atoms with Crippen molar-refractivity contribution in [1.29, 1.82) is 0 Å². The summed E-state index contributed by atoms with van der Waals surface area (Å²) < 4.78 is 28.7. The standard InChI is InChI=1S/C18H27BNO6P/c1-4-22-27(23-5-2,24-6-3)25-19(21,17-13-9-7-10-14-17)20(26-27)18-15-11-8-12-16-18/h7-16,21,25H,4-6H2,1-3H3/t19-/m1/s1. The molecule has 0 aromatic heterocycles. The third-order valence-electron chi connectivity index (χ3n) is 4.19. The summed E-state index contributed by atoms with van der Waals surface area (Å²) in [5.74, 6) is 0. The molecule has 1 aliphatic rings. The summed E-state index contributed by atoms with van der Waals surface area (Å²) >= 11 is 0. The molecule has 2 aromatic carbocycles. The topological polar surface area (TPSA) is 73.2 Å². The Morgan fingerprint density at radius 3 is 1.85 bits per heavy atom. The van der Waals surface area contributed by atoms with Crippen LogP contribution in [0, 0.1) is 0 Å². The van der Waals surface area contributed by atoms with Crippen molar-refractivity contribution in [2.45, 2.75) is 20.8 Å². The van der Waals surface area contributed by atoms with Crippen LogP contribution in [0.25, 0.3) is 0 Å². The van der Waals surface area contributed by atoms with Gasteiger partial charge in [-0.2, -0.15) is 0 Å². The van der Waals surface area contributed by atoms with Crippen LogP contribution in [0.4, 0.5) is 5.69 Å². The number of benzene rings is 2. The molecule has 3 rings (SSSR count). The fourth-order valence-electron chi connectivity index (χ4n) is 3.22. The second-order valence-corrected chi connectivity index (χ2v) is 8.75. The van der Waals surface area contributed by atoms with Gasteiger partial charge in [-0.05, 0) is 0 Å². The van der Waals surface area contributed by atoms with Gasteiger partial charge in [-0.1, -0.05) is 0 Å². The second kappa shape index (κ2) is 7.85. The van der Waals surface area contributed by atoms with Crippen LogP contribution in [0.3, 0.4) is 0 Å². The van der Waals surface area contributed by atoms with Crippen LogP contribution < -0.4 is 10.4 Å². The van der Waals surface area contributed by atoms with Gasteiger partial charge >= 0.3 is 159 Å².